The average molecular weight is 326 g/mol. The van der Waals surface area contributed by atoms with Crippen molar-refractivity contribution in [2.24, 2.45) is 0 Å². The SMILES string of the molecule is COc1ccc(Cl)cc1C(=O)c1ccccc1Br. The van der Waals surface area contributed by atoms with Crippen LogP contribution in [-0.2, 0) is 0 Å². The Morgan fingerprint density at radius 2 is 1.89 bits per heavy atom. The van der Waals surface area contributed by atoms with E-state index >= 15 is 0 Å². The first-order chi connectivity index (χ1) is 8.63. The molecule has 2 nitrogen and oxygen atoms in total. The fraction of sp³-hybridized carbons (Fsp3) is 0.0714. The van der Waals surface area contributed by atoms with Gasteiger partial charge in [-0.2, -0.15) is 0 Å². The standard InChI is InChI=1S/C14H10BrClO2/c1-18-13-7-6-9(16)8-11(13)14(17)10-4-2-3-5-12(10)15/h2-8H,1H3. The second-order valence-corrected chi connectivity index (χ2v) is 4.94. The van der Waals surface area contributed by atoms with Crippen molar-refractivity contribution in [3.05, 3.63) is 63.1 Å². The van der Waals surface area contributed by atoms with Crippen molar-refractivity contribution in [3.8, 4) is 5.75 Å². The van der Waals surface area contributed by atoms with Gasteiger partial charge in [-0.25, -0.2) is 0 Å². The molecule has 2 rings (SSSR count). The highest BCUT2D eigenvalue weighted by atomic mass is 79.9. The third-order valence-corrected chi connectivity index (χ3v) is 3.45. The maximum absolute atomic E-state index is 12.4. The summed E-state index contributed by atoms with van der Waals surface area (Å²) in [6.45, 7) is 0. The average Bonchev–Trinajstić information content (AvgIpc) is 2.38. The Balaban J connectivity index is 2.52. The third kappa shape index (κ3) is 2.57. The molecule has 0 amide bonds. The minimum absolute atomic E-state index is 0.123. The molecular formula is C14H10BrClO2. The second kappa shape index (κ2) is 5.55. The molecule has 0 aliphatic heterocycles. The number of carbonyl (C=O) groups is 1. The molecule has 0 radical (unpaired) electrons. The molecule has 0 bridgehead atoms. The molecule has 0 N–H and O–H groups in total. The van der Waals surface area contributed by atoms with Gasteiger partial charge in [0.05, 0.1) is 12.7 Å². The lowest BCUT2D eigenvalue weighted by Gasteiger charge is -2.09. The minimum atomic E-state index is -0.123. The molecule has 4 heteroatoms. The lowest BCUT2D eigenvalue weighted by Crippen LogP contribution is -2.04. The normalized spacial score (nSPS) is 10.2. The number of halogens is 2. The lowest BCUT2D eigenvalue weighted by molar-refractivity contribution is 0.103. The van der Waals surface area contributed by atoms with E-state index in [1.807, 2.05) is 18.2 Å². The van der Waals surface area contributed by atoms with E-state index < -0.39 is 0 Å². The van der Waals surface area contributed by atoms with Crippen LogP contribution in [0.5, 0.6) is 5.75 Å². The van der Waals surface area contributed by atoms with Crippen molar-refractivity contribution in [1.82, 2.24) is 0 Å². The van der Waals surface area contributed by atoms with E-state index in [0.29, 0.717) is 21.9 Å². The van der Waals surface area contributed by atoms with E-state index in [1.54, 1.807) is 24.3 Å². The molecule has 0 saturated heterocycles. The van der Waals surface area contributed by atoms with Crippen molar-refractivity contribution in [2.75, 3.05) is 7.11 Å². The number of ketones is 1. The number of rotatable bonds is 3. The minimum Gasteiger partial charge on any atom is -0.496 e. The highest BCUT2D eigenvalue weighted by Gasteiger charge is 2.16. The van der Waals surface area contributed by atoms with Gasteiger partial charge in [0.2, 0.25) is 0 Å². The van der Waals surface area contributed by atoms with Gasteiger partial charge >= 0.3 is 0 Å². The van der Waals surface area contributed by atoms with Crippen molar-refractivity contribution in [1.29, 1.82) is 0 Å². The molecular weight excluding hydrogens is 316 g/mol. The number of benzene rings is 2. The van der Waals surface area contributed by atoms with Crippen LogP contribution >= 0.6 is 27.5 Å². The van der Waals surface area contributed by atoms with Crippen molar-refractivity contribution >= 4 is 33.3 Å². The first kappa shape index (κ1) is 13.1. The topological polar surface area (TPSA) is 26.3 Å². The highest BCUT2D eigenvalue weighted by Crippen LogP contribution is 2.27. The van der Waals surface area contributed by atoms with E-state index in [0.717, 1.165) is 4.47 Å². The summed E-state index contributed by atoms with van der Waals surface area (Å²) in [6, 6.07) is 12.2. The molecule has 18 heavy (non-hydrogen) atoms. The molecule has 0 aliphatic rings. The van der Waals surface area contributed by atoms with Crippen LogP contribution in [0.1, 0.15) is 15.9 Å². The Morgan fingerprint density at radius 3 is 2.56 bits per heavy atom. The summed E-state index contributed by atoms with van der Waals surface area (Å²) in [6.07, 6.45) is 0. The molecule has 0 aliphatic carbocycles. The van der Waals surface area contributed by atoms with Crippen LogP contribution in [-0.4, -0.2) is 12.9 Å². The second-order valence-electron chi connectivity index (χ2n) is 3.65. The van der Waals surface area contributed by atoms with Crippen LogP contribution in [0.2, 0.25) is 5.02 Å². The van der Waals surface area contributed by atoms with Gasteiger partial charge in [-0.1, -0.05) is 39.7 Å². The van der Waals surface area contributed by atoms with Gasteiger partial charge in [-0.15, -0.1) is 0 Å². The van der Waals surface area contributed by atoms with Crippen LogP contribution in [0, 0.1) is 0 Å². The summed E-state index contributed by atoms with van der Waals surface area (Å²) in [5.41, 5.74) is 1.04. The predicted octanol–water partition coefficient (Wildman–Crippen LogP) is 4.34. The van der Waals surface area contributed by atoms with Crippen molar-refractivity contribution < 1.29 is 9.53 Å². The van der Waals surface area contributed by atoms with Gasteiger partial charge in [0.15, 0.2) is 5.78 Å². The zero-order chi connectivity index (χ0) is 13.1. The van der Waals surface area contributed by atoms with Gasteiger partial charge in [0.1, 0.15) is 5.75 Å². The first-order valence-corrected chi connectivity index (χ1v) is 6.43. The van der Waals surface area contributed by atoms with Gasteiger partial charge in [0.25, 0.3) is 0 Å². The predicted molar refractivity (Wildman–Crippen MR) is 75.6 cm³/mol. The lowest BCUT2D eigenvalue weighted by atomic mass is 10.0. The van der Waals surface area contributed by atoms with E-state index in [1.165, 1.54) is 7.11 Å². The molecule has 92 valence electrons. The van der Waals surface area contributed by atoms with Crippen LogP contribution in [0.4, 0.5) is 0 Å². The van der Waals surface area contributed by atoms with Gasteiger partial charge in [0, 0.05) is 15.1 Å². The Hall–Kier alpha value is -1.32. The number of methoxy groups -OCH3 is 1. The Labute approximate surface area is 119 Å². The van der Waals surface area contributed by atoms with Gasteiger partial charge in [-0.05, 0) is 30.3 Å². The number of ether oxygens (including phenoxy) is 1. The van der Waals surface area contributed by atoms with Crippen molar-refractivity contribution in [3.63, 3.8) is 0 Å². The maximum atomic E-state index is 12.4. The molecule has 0 heterocycles. The van der Waals surface area contributed by atoms with Gasteiger partial charge < -0.3 is 4.74 Å². The van der Waals surface area contributed by atoms with Crippen LogP contribution < -0.4 is 4.74 Å². The third-order valence-electron chi connectivity index (χ3n) is 2.52. The molecule has 0 unspecified atom stereocenters. The van der Waals surface area contributed by atoms with Crippen molar-refractivity contribution in [2.45, 2.75) is 0 Å². The summed E-state index contributed by atoms with van der Waals surface area (Å²) >= 11 is 9.29. The zero-order valence-corrected chi connectivity index (χ0v) is 12.0. The molecule has 2 aromatic carbocycles. The number of hydrogen-bond donors (Lipinski definition) is 0. The molecule has 2 aromatic rings. The van der Waals surface area contributed by atoms with Gasteiger partial charge in [-0.3, -0.25) is 4.79 Å². The summed E-state index contributed by atoms with van der Waals surface area (Å²) in [5, 5.41) is 0.506. The Bertz CT molecular complexity index is 596. The molecule has 0 fully saturated rings. The van der Waals surface area contributed by atoms with Crippen LogP contribution in [0.25, 0.3) is 0 Å². The van der Waals surface area contributed by atoms with E-state index in [4.69, 9.17) is 16.3 Å². The summed E-state index contributed by atoms with van der Waals surface area (Å²) in [4.78, 5) is 12.4. The Morgan fingerprint density at radius 1 is 1.17 bits per heavy atom. The zero-order valence-electron chi connectivity index (χ0n) is 9.61. The first-order valence-electron chi connectivity index (χ1n) is 5.26. The highest BCUT2D eigenvalue weighted by molar-refractivity contribution is 9.10. The fourth-order valence-electron chi connectivity index (χ4n) is 1.65. The quantitative estimate of drug-likeness (QED) is 0.785. The van der Waals surface area contributed by atoms with E-state index in [-0.39, 0.29) is 5.78 Å². The largest absolute Gasteiger partial charge is 0.496 e. The molecule has 0 atom stereocenters. The fourth-order valence-corrected chi connectivity index (χ4v) is 2.29. The summed E-state index contributed by atoms with van der Waals surface area (Å²) in [5.74, 6) is 0.391. The maximum Gasteiger partial charge on any atom is 0.197 e. The van der Waals surface area contributed by atoms with Crippen LogP contribution in [0.3, 0.4) is 0 Å². The summed E-state index contributed by atoms with van der Waals surface area (Å²) in [7, 11) is 1.53. The smallest absolute Gasteiger partial charge is 0.197 e. The molecule has 0 aromatic heterocycles. The summed E-state index contributed by atoms with van der Waals surface area (Å²) < 4.78 is 5.94. The van der Waals surface area contributed by atoms with E-state index in [2.05, 4.69) is 15.9 Å². The monoisotopic (exact) mass is 324 g/mol. The van der Waals surface area contributed by atoms with E-state index in [9.17, 15) is 4.79 Å². The number of carbonyl (C=O) groups excluding carboxylic acids is 1. The number of hydrogen-bond acceptors (Lipinski definition) is 2. The molecule has 0 saturated carbocycles. The van der Waals surface area contributed by atoms with Crippen LogP contribution in [0.15, 0.2) is 46.9 Å². The molecule has 0 spiro atoms. The Kier molecular flexibility index (Phi) is 4.04.